The number of thioether (sulfide) groups is 1. The third-order valence-electron chi connectivity index (χ3n) is 4.75. The van der Waals surface area contributed by atoms with E-state index in [0.29, 0.717) is 18.2 Å². The summed E-state index contributed by atoms with van der Waals surface area (Å²) in [6.07, 6.45) is 0.740. The first-order valence-corrected chi connectivity index (χ1v) is 11.3. The van der Waals surface area contributed by atoms with Crippen LogP contribution in [-0.4, -0.2) is 33.1 Å². The lowest BCUT2D eigenvalue weighted by molar-refractivity contribution is -0.118. The molecule has 150 valence electrons. The molecule has 1 aliphatic rings. The number of aromatic amines is 1. The van der Waals surface area contributed by atoms with Crippen molar-refractivity contribution in [3.63, 3.8) is 0 Å². The minimum absolute atomic E-state index is 0.0715. The average molecular weight is 427 g/mol. The van der Waals surface area contributed by atoms with Crippen molar-refractivity contribution >= 4 is 29.0 Å². The van der Waals surface area contributed by atoms with Gasteiger partial charge in [0.2, 0.25) is 5.91 Å². The highest BCUT2D eigenvalue weighted by Crippen LogP contribution is 2.19. The molecule has 0 bridgehead atoms. The maximum atomic E-state index is 12.6. The van der Waals surface area contributed by atoms with Crippen molar-refractivity contribution in [1.82, 2.24) is 20.2 Å². The van der Waals surface area contributed by atoms with Crippen LogP contribution in [0.3, 0.4) is 0 Å². The number of carbonyl (C=O) groups is 1. The molecule has 29 heavy (non-hydrogen) atoms. The zero-order chi connectivity index (χ0) is 20.1. The van der Waals surface area contributed by atoms with Crippen molar-refractivity contribution in [3.05, 3.63) is 79.9 Å². The van der Waals surface area contributed by atoms with Gasteiger partial charge in [0.25, 0.3) is 5.56 Å². The van der Waals surface area contributed by atoms with Gasteiger partial charge in [0.15, 0.2) is 5.16 Å². The first-order valence-electron chi connectivity index (χ1n) is 9.47. The van der Waals surface area contributed by atoms with Gasteiger partial charge in [-0.2, -0.15) is 0 Å². The number of benzene rings is 1. The molecule has 0 unspecified atom stereocenters. The van der Waals surface area contributed by atoms with E-state index in [-0.39, 0.29) is 17.2 Å². The summed E-state index contributed by atoms with van der Waals surface area (Å²) in [5, 5.41) is 5.38. The Morgan fingerprint density at radius 3 is 2.90 bits per heavy atom. The van der Waals surface area contributed by atoms with E-state index in [1.807, 2.05) is 35.7 Å². The van der Waals surface area contributed by atoms with Crippen LogP contribution in [0.5, 0.6) is 0 Å². The van der Waals surface area contributed by atoms with Crippen molar-refractivity contribution in [1.29, 1.82) is 0 Å². The standard InChI is InChI=1S/C21H22N4O2S2/c26-19(22-11-16-7-4-10-28-16)14-29-21-23-18-8-9-25(13-17(18)20(27)24-21)12-15-5-2-1-3-6-15/h1-7,10H,8-9,11-14H2,(H,22,26)(H,23,24,27). The molecule has 0 radical (unpaired) electrons. The molecule has 4 rings (SSSR count). The van der Waals surface area contributed by atoms with E-state index in [1.54, 1.807) is 11.3 Å². The van der Waals surface area contributed by atoms with Crippen LogP contribution in [0.2, 0.25) is 0 Å². The van der Waals surface area contributed by atoms with Gasteiger partial charge in [-0.1, -0.05) is 48.2 Å². The van der Waals surface area contributed by atoms with E-state index in [4.69, 9.17) is 0 Å². The number of carbonyl (C=O) groups excluding carboxylic acids is 1. The third kappa shape index (κ3) is 5.35. The van der Waals surface area contributed by atoms with Gasteiger partial charge in [0.05, 0.1) is 23.6 Å². The number of H-pyrrole nitrogens is 1. The summed E-state index contributed by atoms with van der Waals surface area (Å²) in [5.74, 6) is 0.158. The Hall–Kier alpha value is -2.42. The summed E-state index contributed by atoms with van der Waals surface area (Å²) in [6, 6.07) is 14.2. The minimum atomic E-state index is -0.103. The Balaban J connectivity index is 1.34. The van der Waals surface area contributed by atoms with Gasteiger partial charge >= 0.3 is 0 Å². The number of thiophene rings is 1. The van der Waals surface area contributed by atoms with Crippen molar-refractivity contribution in [2.75, 3.05) is 12.3 Å². The number of amides is 1. The molecule has 8 heteroatoms. The molecule has 3 aromatic rings. The van der Waals surface area contributed by atoms with Crippen LogP contribution >= 0.6 is 23.1 Å². The fraction of sp³-hybridized carbons (Fsp3) is 0.286. The van der Waals surface area contributed by atoms with Crippen molar-refractivity contribution in [2.45, 2.75) is 31.2 Å². The van der Waals surface area contributed by atoms with Crippen molar-refractivity contribution in [3.8, 4) is 0 Å². The van der Waals surface area contributed by atoms with Gasteiger partial charge in [-0.25, -0.2) is 4.98 Å². The Labute approximate surface area is 177 Å². The maximum absolute atomic E-state index is 12.6. The molecule has 3 heterocycles. The summed E-state index contributed by atoms with van der Waals surface area (Å²) in [4.78, 5) is 35.4. The number of aromatic nitrogens is 2. The lowest BCUT2D eigenvalue weighted by Crippen LogP contribution is -2.35. The van der Waals surface area contributed by atoms with Gasteiger partial charge in [-0.15, -0.1) is 11.3 Å². The molecular formula is C21H22N4O2S2. The van der Waals surface area contributed by atoms with Crippen LogP contribution in [0.4, 0.5) is 0 Å². The van der Waals surface area contributed by atoms with Crippen LogP contribution in [0.15, 0.2) is 57.8 Å². The molecule has 2 N–H and O–H groups in total. The smallest absolute Gasteiger partial charge is 0.256 e. The SMILES string of the molecule is O=C(CSc1nc2c(c(=O)[nH]1)CN(Cc1ccccc1)CC2)NCc1cccs1. The van der Waals surface area contributed by atoms with Gasteiger partial charge in [0, 0.05) is 30.9 Å². The molecule has 0 atom stereocenters. The number of rotatable bonds is 7. The van der Waals surface area contributed by atoms with E-state index in [1.165, 1.54) is 17.3 Å². The summed E-state index contributed by atoms with van der Waals surface area (Å²) >= 11 is 2.88. The summed E-state index contributed by atoms with van der Waals surface area (Å²) < 4.78 is 0. The molecule has 0 saturated carbocycles. The normalized spacial score (nSPS) is 13.8. The van der Waals surface area contributed by atoms with Crippen LogP contribution in [0.25, 0.3) is 0 Å². The van der Waals surface area contributed by atoms with Gasteiger partial charge < -0.3 is 10.3 Å². The quantitative estimate of drug-likeness (QED) is 0.449. The topological polar surface area (TPSA) is 78.1 Å². The van der Waals surface area contributed by atoms with Crippen LogP contribution in [0.1, 0.15) is 21.7 Å². The van der Waals surface area contributed by atoms with E-state index in [2.05, 4.69) is 32.3 Å². The van der Waals surface area contributed by atoms with E-state index in [9.17, 15) is 9.59 Å². The largest absolute Gasteiger partial charge is 0.350 e. The summed E-state index contributed by atoms with van der Waals surface area (Å²) in [7, 11) is 0. The number of nitrogens with one attached hydrogen (secondary N) is 2. The van der Waals surface area contributed by atoms with Crippen molar-refractivity contribution < 1.29 is 4.79 Å². The predicted octanol–water partition coefficient (Wildman–Crippen LogP) is 2.80. The zero-order valence-electron chi connectivity index (χ0n) is 15.9. The Morgan fingerprint density at radius 1 is 1.24 bits per heavy atom. The highest BCUT2D eigenvalue weighted by molar-refractivity contribution is 7.99. The van der Waals surface area contributed by atoms with Gasteiger partial charge in [0.1, 0.15) is 0 Å². The number of hydrogen-bond acceptors (Lipinski definition) is 6. The Bertz CT molecular complexity index is 1020. The molecule has 0 saturated heterocycles. The maximum Gasteiger partial charge on any atom is 0.256 e. The Morgan fingerprint density at radius 2 is 2.10 bits per heavy atom. The van der Waals surface area contributed by atoms with Crippen LogP contribution in [0, 0.1) is 0 Å². The van der Waals surface area contributed by atoms with Gasteiger partial charge in [-0.3, -0.25) is 14.5 Å². The second-order valence-electron chi connectivity index (χ2n) is 6.89. The van der Waals surface area contributed by atoms with Gasteiger partial charge in [-0.05, 0) is 17.0 Å². The minimum Gasteiger partial charge on any atom is -0.350 e. The molecule has 1 amide bonds. The highest BCUT2D eigenvalue weighted by atomic mass is 32.2. The molecule has 6 nitrogen and oxygen atoms in total. The number of nitrogens with zero attached hydrogens (tertiary/aromatic N) is 2. The van der Waals surface area contributed by atoms with E-state index < -0.39 is 0 Å². The first kappa shape index (κ1) is 19.9. The average Bonchev–Trinajstić information content (AvgIpc) is 3.26. The molecule has 0 fully saturated rings. The van der Waals surface area contributed by atoms with E-state index >= 15 is 0 Å². The second-order valence-corrected chi connectivity index (χ2v) is 8.88. The molecule has 0 aliphatic carbocycles. The highest BCUT2D eigenvalue weighted by Gasteiger charge is 2.21. The zero-order valence-corrected chi connectivity index (χ0v) is 17.5. The summed E-state index contributed by atoms with van der Waals surface area (Å²) in [6.45, 7) is 2.81. The molecule has 2 aromatic heterocycles. The third-order valence-corrected chi connectivity index (χ3v) is 6.50. The predicted molar refractivity (Wildman–Crippen MR) is 116 cm³/mol. The Kier molecular flexibility index (Phi) is 6.43. The fourth-order valence-corrected chi connectivity index (χ4v) is 4.64. The van der Waals surface area contributed by atoms with Crippen LogP contribution < -0.4 is 10.9 Å². The monoisotopic (exact) mass is 426 g/mol. The number of fused-ring (bicyclic) bond motifs is 1. The van der Waals surface area contributed by atoms with Crippen molar-refractivity contribution in [2.24, 2.45) is 0 Å². The lowest BCUT2D eigenvalue weighted by atomic mass is 10.1. The molecule has 1 aromatic carbocycles. The summed E-state index contributed by atoms with van der Waals surface area (Å²) in [5.41, 5.74) is 2.72. The van der Waals surface area contributed by atoms with Crippen LogP contribution in [-0.2, 0) is 30.8 Å². The first-order chi connectivity index (χ1) is 14.2. The molecule has 0 spiro atoms. The lowest BCUT2D eigenvalue weighted by Gasteiger charge is -2.27. The number of hydrogen-bond donors (Lipinski definition) is 2. The molecule has 1 aliphatic heterocycles. The fourth-order valence-electron chi connectivity index (χ4n) is 3.29. The van der Waals surface area contributed by atoms with E-state index in [0.717, 1.165) is 35.6 Å². The molecular weight excluding hydrogens is 404 g/mol. The second kappa shape index (κ2) is 9.39.